The molecule has 0 bridgehead atoms. The molecule has 3 rings (SSSR count). The van der Waals surface area contributed by atoms with Gasteiger partial charge in [-0.15, -0.1) is 0 Å². The van der Waals surface area contributed by atoms with E-state index in [2.05, 4.69) is 41.9 Å². The van der Waals surface area contributed by atoms with Crippen molar-refractivity contribution in [3.63, 3.8) is 0 Å². The number of rotatable bonds is 5. The summed E-state index contributed by atoms with van der Waals surface area (Å²) in [5, 5.41) is 0. The number of likely N-dealkylation sites (tertiary alicyclic amines) is 1. The monoisotopic (exact) mass is 286 g/mol. The van der Waals surface area contributed by atoms with Crippen LogP contribution < -0.4 is 4.74 Å². The smallest absolute Gasteiger partial charge is 0.196 e. The van der Waals surface area contributed by atoms with Gasteiger partial charge < -0.3 is 9.15 Å². The zero-order chi connectivity index (χ0) is 14.8. The molecule has 1 saturated heterocycles. The Labute approximate surface area is 125 Å². The molecule has 4 heteroatoms. The molecule has 0 saturated carbocycles. The minimum Gasteiger partial charge on any atom is -0.497 e. The van der Waals surface area contributed by atoms with Gasteiger partial charge in [0.2, 0.25) is 0 Å². The molecule has 1 aliphatic rings. The molecule has 1 aromatic carbocycles. The van der Waals surface area contributed by atoms with Crippen molar-refractivity contribution in [2.45, 2.75) is 38.8 Å². The molecule has 0 unspecified atom stereocenters. The zero-order valence-electron chi connectivity index (χ0n) is 12.9. The van der Waals surface area contributed by atoms with Crippen LogP contribution in [0.5, 0.6) is 5.75 Å². The second kappa shape index (κ2) is 5.90. The lowest BCUT2D eigenvalue weighted by Gasteiger charge is -2.41. The van der Waals surface area contributed by atoms with E-state index >= 15 is 0 Å². The van der Waals surface area contributed by atoms with E-state index in [1.54, 1.807) is 13.4 Å². The fourth-order valence-corrected chi connectivity index (χ4v) is 2.72. The molecule has 1 aliphatic heterocycles. The van der Waals surface area contributed by atoms with Gasteiger partial charge in [0.1, 0.15) is 12.0 Å². The van der Waals surface area contributed by atoms with Gasteiger partial charge in [0.25, 0.3) is 0 Å². The first kappa shape index (κ1) is 14.1. The van der Waals surface area contributed by atoms with Gasteiger partial charge in [0.05, 0.1) is 12.8 Å². The maximum Gasteiger partial charge on any atom is 0.196 e. The second-order valence-corrected chi connectivity index (χ2v) is 5.88. The largest absolute Gasteiger partial charge is 0.497 e. The predicted octanol–water partition coefficient (Wildman–Crippen LogP) is 3.75. The highest BCUT2D eigenvalue weighted by molar-refractivity contribution is 5.31. The molecule has 2 heterocycles. The Kier molecular flexibility index (Phi) is 3.97. The van der Waals surface area contributed by atoms with Crippen molar-refractivity contribution in [2.75, 3.05) is 13.7 Å². The van der Waals surface area contributed by atoms with Crippen molar-refractivity contribution >= 4 is 0 Å². The third-order valence-corrected chi connectivity index (χ3v) is 4.04. The molecule has 1 aromatic heterocycles. The van der Waals surface area contributed by atoms with Crippen LogP contribution >= 0.6 is 0 Å². The maximum absolute atomic E-state index is 5.52. The molecule has 1 atom stereocenters. The van der Waals surface area contributed by atoms with Gasteiger partial charge in [-0.2, -0.15) is 0 Å². The molecule has 0 N–H and O–H groups in total. The Morgan fingerprint density at radius 3 is 2.90 bits per heavy atom. The molecule has 0 radical (unpaired) electrons. The average molecular weight is 286 g/mol. The minimum atomic E-state index is 0.337. The first-order valence-electron chi connectivity index (χ1n) is 7.49. The summed E-state index contributed by atoms with van der Waals surface area (Å²) in [5.74, 6) is 2.08. The quantitative estimate of drug-likeness (QED) is 0.839. The predicted molar refractivity (Wildman–Crippen MR) is 81.4 cm³/mol. The van der Waals surface area contributed by atoms with E-state index in [0.717, 1.165) is 30.4 Å². The van der Waals surface area contributed by atoms with Gasteiger partial charge in [-0.25, -0.2) is 4.98 Å². The fourth-order valence-electron chi connectivity index (χ4n) is 2.72. The number of benzene rings is 1. The lowest BCUT2D eigenvalue weighted by molar-refractivity contribution is 0.0802. The van der Waals surface area contributed by atoms with Crippen LogP contribution in [-0.2, 0) is 6.54 Å². The number of nitrogens with zero attached hydrogens (tertiary/aromatic N) is 2. The van der Waals surface area contributed by atoms with Gasteiger partial charge in [-0.3, -0.25) is 4.90 Å². The van der Waals surface area contributed by atoms with Gasteiger partial charge in [0.15, 0.2) is 5.89 Å². The molecule has 112 valence electrons. The van der Waals surface area contributed by atoms with Crippen LogP contribution in [0.4, 0.5) is 0 Å². The standard InChI is InChI=1S/C17H22N2O2/c1-12(2)17-18-14(11-21-17)10-19-8-7-16(19)13-5-4-6-15(9-13)20-3/h4-6,9,11-12,16H,7-8,10H2,1-3H3/t16-/m1/s1. The molecule has 4 nitrogen and oxygen atoms in total. The van der Waals surface area contributed by atoms with Crippen molar-refractivity contribution < 1.29 is 9.15 Å². The van der Waals surface area contributed by atoms with E-state index < -0.39 is 0 Å². The Bertz CT molecular complexity index is 606. The van der Waals surface area contributed by atoms with Gasteiger partial charge in [-0.05, 0) is 24.1 Å². The third-order valence-electron chi connectivity index (χ3n) is 4.04. The van der Waals surface area contributed by atoms with Crippen LogP contribution in [0.15, 0.2) is 34.9 Å². The Hall–Kier alpha value is -1.81. The summed E-state index contributed by atoms with van der Waals surface area (Å²) < 4.78 is 10.8. The number of hydrogen-bond acceptors (Lipinski definition) is 4. The lowest BCUT2D eigenvalue weighted by atomic mass is 9.94. The molecule has 0 spiro atoms. The van der Waals surface area contributed by atoms with Crippen LogP contribution in [0.3, 0.4) is 0 Å². The van der Waals surface area contributed by atoms with E-state index in [1.165, 1.54) is 12.0 Å². The highest BCUT2D eigenvalue weighted by Crippen LogP contribution is 2.35. The van der Waals surface area contributed by atoms with Crippen LogP contribution in [0, 0.1) is 0 Å². The van der Waals surface area contributed by atoms with E-state index in [1.807, 2.05) is 6.07 Å². The Morgan fingerprint density at radius 2 is 2.29 bits per heavy atom. The summed E-state index contributed by atoms with van der Waals surface area (Å²) in [6.07, 6.45) is 2.97. The first-order chi connectivity index (χ1) is 10.2. The van der Waals surface area contributed by atoms with E-state index in [4.69, 9.17) is 9.15 Å². The summed E-state index contributed by atoms with van der Waals surface area (Å²) in [5.41, 5.74) is 2.33. The zero-order valence-corrected chi connectivity index (χ0v) is 12.9. The van der Waals surface area contributed by atoms with E-state index in [0.29, 0.717) is 12.0 Å². The van der Waals surface area contributed by atoms with Crippen LogP contribution in [0.2, 0.25) is 0 Å². The SMILES string of the molecule is COc1cccc([C@H]2CCN2Cc2coc(C(C)C)n2)c1. The Morgan fingerprint density at radius 1 is 1.43 bits per heavy atom. The third kappa shape index (κ3) is 2.95. The topological polar surface area (TPSA) is 38.5 Å². The molecular formula is C17H22N2O2. The van der Waals surface area contributed by atoms with Crippen molar-refractivity contribution in [3.8, 4) is 5.75 Å². The summed E-state index contributed by atoms with van der Waals surface area (Å²) in [4.78, 5) is 6.99. The summed E-state index contributed by atoms with van der Waals surface area (Å²) in [6.45, 7) is 6.14. The highest BCUT2D eigenvalue weighted by atomic mass is 16.5. The van der Waals surface area contributed by atoms with Crippen molar-refractivity contribution in [1.82, 2.24) is 9.88 Å². The summed E-state index contributed by atoms with van der Waals surface area (Å²) in [6, 6.07) is 8.79. The van der Waals surface area contributed by atoms with E-state index in [9.17, 15) is 0 Å². The molecule has 2 aromatic rings. The summed E-state index contributed by atoms with van der Waals surface area (Å²) >= 11 is 0. The summed E-state index contributed by atoms with van der Waals surface area (Å²) in [7, 11) is 1.71. The van der Waals surface area contributed by atoms with Crippen LogP contribution in [0.1, 0.15) is 49.4 Å². The van der Waals surface area contributed by atoms with Crippen molar-refractivity contribution in [3.05, 3.63) is 47.7 Å². The second-order valence-electron chi connectivity index (χ2n) is 5.88. The highest BCUT2D eigenvalue weighted by Gasteiger charge is 2.30. The van der Waals surface area contributed by atoms with Gasteiger partial charge >= 0.3 is 0 Å². The van der Waals surface area contributed by atoms with Crippen LogP contribution in [0.25, 0.3) is 0 Å². The normalized spacial score (nSPS) is 18.8. The molecular weight excluding hydrogens is 264 g/mol. The number of hydrogen-bond donors (Lipinski definition) is 0. The maximum atomic E-state index is 5.52. The molecule has 21 heavy (non-hydrogen) atoms. The molecule has 1 fully saturated rings. The van der Waals surface area contributed by atoms with Crippen molar-refractivity contribution in [1.29, 1.82) is 0 Å². The number of aromatic nitrogens is 1. The lowest BCUT2D eigenvalue weighted by Crippen LogP contribution is -2.40. The number of oxazole rings is 1. The van der Waals surface area contributed by atoms with Crippen LogP contribution in [-0.4, -0.2) is 23.5 Å². The molecule has 0 aliphatic carbocycles. The van der Waals surface area contributed by atoms with Gasteiger partial charge in [-0.1, -0.05) is 26.0 Å². The van der Waals surface area contributed by atoms with Crippen molar-refractivity contribution in [2.24, 2.45) is 0 Å². The molecule has 0 amide bonds. The fraction of sp³-hybridized carbons (Fsp3) is 0.471. The number of ether oxygens (including phenoxy) is 1. The van der Waals surface area contributed by atoms with Gasteiger partial charge in [0, 0.05) is 25.0 Å². The Balaban J connectivity index is 1.68. The number of methoxy groups -OCH3 is 1. The first-order valence-corrected chi connectivity index (χ1v) is 7.49. The minimum absolute atomic E-state index is 0.337. The average Bonchev–Trinajstić information content (AvgIpc) is 2.93. The van der Waals surface area contributed by atoms with E-state index in [-0.39, 0.29) is 0 Å².